The van der Waals surface area contributed by atoms with E-state index in [9.17, 15) is 18.8 Å². The molecular formula is C47H38ClFN6O5S2. The smallest absolute Gasteiger partial charge is 0.356 e. The van der Waals surface area contributed by atoms with Crippen molar-refractivity contribution in [2.24, 2.45) is 5.16 Å². The van der Waals surface area contributed by atoms with E-state index < -0.39 is 53.4 Å². The van der Waals surface area contributed by atoms with Crippen molar-refractivity contribution in [3.63, 3.8) is 0 Å². The summed E-state index contributed by atoms with van der Waals surface area (Å²) in [5.74, 6) is -1.83. The number of amides is 2. The third-order valence-electron chi connectivity index (χ3n) is 10.3. The summed E-state index contributed by atoms with van der Waals surface area (Å²) in [4.78, 5) is 53.1. The van der Waals surface area contributed by atoms with E-state index in [1.54, 1.807) is 12.2 Å². The highest BCUT2D eigenvalue weighted by Crippen LogP contribution is 2.43. The van der Waals surface area contributed by atoms with Crippen LogP contribution in [0.1, 0.15) is 39.7 Å². The average molecular weight is 885 g/mol. The quantitative estimate of drug-likeness (QED) is 0.0246. The first-order valence-electron chi connectivity index (χ1n) is 19.5. The summed E-state index contributed by atoms with van der Waals surface area (Å²) in [6.45, 7) is -1.33. The van der Waals surface area contributed by atoms with Crippen molar-refractivity contribution in [3.05, 3.63) is 209 Å². The second kappa shape index (κ2) is 19.4. The van der Waals surface area contributed by atoms with Gasteiger partial charge in [0.05, 0.1) is 0 Å². The van der Waals surface area contributed by atoms with Gasteiger partial charge in [0.25, 0.3) is 18.7 Å². The van der Waals surface area contributed by atoms with Crippen LogP contribution in [0.2, 0.25) is 0 Å². The third kappa shape index (κ3) is 8.62. The molecule has 0 radical (unpaired) electrons. The molecule has 11 nitrogen and oxygen atoms in total. The van der Waals surface area contributed by atoms with Crippen LogP contribution in [0.4, 0.5) is 9.52 Å². The monoisotopic (exact) mass is 884 g/mol. The molecule has 1 fully saturated rings. The number of rotatable bonds is 16. The van der Waals surface area contributed by atoms with Crippen molar-refractivity contribution in [1.82, 2.24) is 19.6 Å². The largest absolute Gasteiger partial charge is 0.448 e. The number of nitrogens with one attached hydrogen (secondary N) is 2. The molecule has 62 heavy (non-hydrogen) atoms. The summed E-state index contributed by atoms with van der Waals surface area (Å²) < 4.78 is 24.1. The zero-order chi connectivity index (χ0) is 42.9. The maximum Gasteiger partial charge on any atom is 0.356 e. The molecule has 0 unspecified atom stereocenters. The number of fused-ring (bicyclic) bond motifs is 1. The van der Waals surface area contributed by atoms with E-state index in [4.69, 9.17) is 21.2 Å². The van der Waals surface area contributed by atoms with Gasteiger partial charge in [-0.2, -0.15) is 9.36 Å². The number of anilines is 1. The lowest BCUT2D eigenvalue weighted by Gasteiger charge is -2.49. The van der Waals surface area contributed by atoms with Gasteiger partial charge in [-0.3, -0.25) is 14.5 Å². The van der Waals surface area contributed by atoms with Crippen molar-refractivity contribution in [3.8, 4) is 0 Å². The van der Waals surface area contributed by atoms with Crippen molar-refractivity contribution >= 4 is 63.5 Å². The summed E-state index contributed by atoms with van der Waals surface area (Å²) in [6.07, 6.45) is 2.61. The predicted molar refractivity (Wildman–Crippen MR) is 239 cm³/mol. The minimum Gasteiger partial charge on any atom is -0.448 e. The normalized spacial score (nSPS) is 16.5. The van der Waals surface area contributed by atoms with Crippen molar-refractivity contribution in [1.29, 1.82) is 0 Å². The lowest BCUT2D eigenvalue weighted by Crippen LogP contribution is -2.71. The Kier molecular flexibility index (Phi) is 13.2. The fourth-order valence-corrected chi connectivity index (χ4v) is 9.52. The Balaban J connectivity index is 1.06. The Hall–Kier alpha value is -6.61. The number of oxime groups is 1. The SMILES string of the molecule is O=C(OC(c1ccccc1)c1ccccc1)C1=C(C=CCCl)CS[C@@H]2[C@H](NC(=O)/C(=N\OCF)c3nsc(NC(c4ccccc4)(c4ccccc4)c4ccccc4)n3)C(=O)N12. The first-order chi connectivity index (χ1) is 30.4. The van der Waals surface area contributed by atoms with Crippen LogP contribution in [0, 0.1) is 0 Å². The van der Waals surface area contributed by atoms with Crippen LogP contribution in [0.25, 0.3) is 0 Å². The Morgan fingerprint density at radius 2 is 1.39 bits per heavy atom. The van der Waals surface area contributed by atoms with E-state index in [2.05, 4.69) is 25.1 Å². The number of aromatic nitrogens is 2. The van der Waals surface area contributed by atoms with Crippen LogP contribution in [-0.2, 0) is 29.5 Å². The molecule has 2 atom stereocenters. The number of esters is 1. The minimum absolute atomic E-state index is 0.0488. The molecule has 0 bridgehead atoms. The van der Waals surface area contributed by atoms with E-state index in [1.165, 1.54) is 16.7 Å². The van der Waals surface area contributed by atoms with E-state index in [0.717, 1.165) is 39.3 Å². The number of benzene rings is 5. The zero-order valence-corrected chi connectivity index (χ0v) is 35.2. The standard InChI is InChI=1S/C47H38ClFN6O5S2/c48-28-16-21-33-29-61-44-38(43(57)55(44)39(33)45(58)60-40(31-17-6-1-7-18-31)32-19-8-2-9-20-32)50-42(56)37(53-59-30-49)41-51-46(62-54-41)52-47(34-22-10-3-11-23-34,35-24-12-4-13-25-35)36-26-14-5-15-27-36/h1-27,38,40,44H,28-30H2,(H,50,56)(H,51,52,54)/b21-16?,53-37-/t38-,44-/m1/s1. The number of β-lactam (4-membered cyclic amide) rings is 1. The number of ether oxygens (including phenoxy) is 1. The molecule has 2 N–H and O–H groups in total. The van der Waals surface area contributed by atoms with Crippen LogP contribution in [0.3, 0.4) is 0 Å². The molecule has 2 aliphatic heterocycles. The fourth-order valence-electron chi connectivity index (χ4n) is 7.49. The van der Waals surface area contributed by atoms with Gasteiger partial charge in [0, 0.05) is 23.2 Å². The molecule has 0 spiro atoms. The molecule has 2 amide bonds. The van der Waals surface area contributed by atoms with Crippen LogP contribution in [0.5, 0.6) is 0 Å². The zero-order valence-electron chi connectivity index (χ0n) is 32.8. The highest BCUT2D eigenvalue weighted by Gasteiger charge is 2.55. The number of nitrogens with zero attached hydrogens (tertiary/aromatic N) is 4. The summed E-state index contributed by atoms with van der Waals surface area (Å²) in [5.41, 5.74) is 3.41. The summed E-state index contributed by atoms with van der Waals surface area (Å²) in [5, 5.41) is 9.72. The number of hydrogen-bond acceptors (Lipinski definition) is 11. The summed E-state index contributed by atoms with van der Waals surface area (Å²) in [6, 6.07) is 47.1. The molecule has 1 aromatic heterocycles. The molecule has 8 rings (SSSR count). The van der Waals surface area contributed by atoms with Crippen LogP contribution < -0.4 is 10.6 Å². The molecule has 5 aromatic carbocycles. The first-order valence-corrected chi connectivity index (χ1v) is 21.9. The third-order valence-corrected chi connectivity index (χ3v) is 12.4. The number of thioether (sulfide) groups is 1. The molecule has 312 valence electrons. The van der Waals surface area contributed by atoms with Crippen LogP contribution in [0.15, 0.2) is 180 Å². The molecule has 1 saturated heterocycles. The number of halogens is 2. The molecule has 2 aliphatic rings. The number of carbonyl (C=O) groups is 3. The number of hydrogen-bond donors (Lipinski definition) is 2. The second-order valence-electron chi connectivity index (χ2n) is 14.0. The molecule has 15 heteroatoms. The number of allylic oxidation sites excluding steroid dienone is 2. The number of alkyl halides is 2. The predicted octanol–water partition coefficient (Wildman–Crippen LogP) is 8.37. The van der Waals surface area contributed by atoms with Gasteiger partial charge >= 0.3 is 5.97 Å². The van der Waals surface area contributed by atoms with Gasteiger partial charge in [-0.1, -0.05) is 169 Å². The van der Waals surface area contributed by atoms with Gasteiger partial charge in [-0.05, 0) is 33.4 Å². The van der Waals surface area contributed by atoms with Gasteiger partial charge in [0.1, 0.15) is 22.7 Å². The van der Waals surface area contributed by atoms with Crippen molar-refractivity contribution in [2.75, 3.05) is 23.8 Å². The highest BCUT2D eigenvalue weighted by molar-refractivity contribution is 8.00. The van der Waals surface area contributed by atoms with Gasteiger partial charge in [0.15, 0.2) is 6.10 Å². The van der Waals surface area contributed by atoms with E-state index >= 15 is 0 Å². The maximum absolute atomic E-state index is 14.2. The van der Waals surface area contributed by atoms with Crippen LogP contribution >= 0.6 is 34.9 Å². The lowest BCUT2D eigenvalue weighted by molar-refractivity contribution is -0.154. The Labute approximate surface area is 370 Å². The minimum atomic E-state index is -1.33. The second-order valence-corrected chi connectivity index (χ2v) is 16.1. The Morgan fingerprint density at radius 1 is 0.855 bits per heavy atom. The highest BCUT2D eigenvalue weighted by atomic mass is 35.5. The Bertz CT molecular complexity index is 2470. The van der Waals surface area contributed by atoms with Gasteiger partial charge in [-0.25, -0.2) is 9.18 Å². The van der Waals surface area contributed by atoms with E-state index in [1.807, 2.05) is 152 Å². The fraction of sp³-hybridized carbons (Fsp3) is 0.149. The van der Waals surface area contributed by atoms with Gasteiger partial charge in [-0.15, -0.1) is 23.4 Å². The first kappa shape index (κ1) is 42.1. The van der Waals surface area contributed by atoms with Crippen LogP contribution in [-0.4, -0.2) is 67.7 Å². The topological polar surface area (TPSA) is 135 Å². The molecular weight excluding hydrogens is 847 g/mol. The molecule has 6 aromatic rings. The summed E-state index contributed by atoms with van der Waals surface area (Å²) >= 11 is 8.32. The number of carbonyl (C=O) groups excluding carboxylic acids is 3. The average Bonchev–Trinajstić information content (AvgIpc) is 3.79. The maximum atomic E-state index is 14.2. The van der Waals surface area contributed by atoms with Gasteiger partial charge in [0.2, 0.25) is 16.7 Å². The van der Waals surface area contributed by atoms with Crippen molar-refractivity contribution in [2.45, 2.75) is 23.1 Å². The van der Waals surface area contributed by atoms with E-state index in [0.29, 0.717) is 16.5 Å². The molecule has 0 aliphatic carbocycles. The molecule has 0 saturated carbocycles. The van der Waals surface area contributed by atoms with Gasteiger partial charge < -0.3 is 20.2 Å². The molecule has 3 heterocycles. The van der Waals surface area contributed by atoms with Crippen molar-refractivity contribution < 1.29 is 28.3 Å². The Morgan fingerprint density at radius 3 is 1.90 bits per heavy atom. The summed E-state index contributed by atoms with van der Waals surface area (Å²) in [7, 11) is 0. The van der Waals surface area contributed by atoms with E-state index in [-0.39, 0.29) is 17.4 Å². The lowest BCUT2D eigenvalue weighted by atomic mass is 9.77.